The predicted molar refractivity (Wildman–Crippen MR) is 113 cm³/mol. The molecular weight excluding hydrogens is 334 g/mol. The molecule has 27 heavy (non-hydrogen) atoms. The minimum Gasteiger partial charge on any atom is -0.372 e. The Kier molecular flexibility index (Phi) is 5.75. The summed E-state index contributed by atoms with van der Waals surface area (Å²) < 4.78 is 0. The fraction of sp³-hybridized carbons (Fsp3) is 0.545. The van der Waals surface area contributed by atoms with E-state index in [1.54, 1.807) is 0 Å². The van der Waals surface area contributed by atoms with Gasteiger partial charge in [-0.25, -0.2) is 4.98 Å². The number of hydrogen-bond donors (Lipinski definition) is 2. The number of hydrogen-bond acceptors (Lipinski definition) is 5. The van der Waals surface area contributed by atoms with Crippen LogP contribution < -0.4 is 15.5 Å². The molecule has 0 bridgehead atoms. The van der Waals surface area contributed by atoms with Crippen molar-refractivity contribution in [1.29, 1.82) is 0 Å². The van der Waals surface area contributed by atoms with Crippen molar-refractivity contribution in [2.45, 2.75) is 64.3 Å². The first-order chi connectivity index (χ1) is 13.3. The molecule has 1 aliphatic carbocycles. The average Bonchev–Trinajstić information content (AvgIpc) is 3.08. The summed E-state index contributed by atoms with van der Waals surface area (Å²) in [4.78, 5) is 11.8. The molecule has 2 heterocycles. The van der Waals surface area contributed by atoms with Crippen molar-refractivity contribution in [2.75, 3.05) is 28.6 Å². The summed E-state index contributed by atoms with van der Waals surface area (Å²) in [5.74, 6) is 1.60. The molecule has 1 saturated heterocycles. The summed E-state index contributed by atoms with van der Waals surface area (Å²) >= 11 is 0. The molecule has 1 aromatic carbocycles. The van der Waals surface area contributed by atoms with Gasteiger partial charge in [0.1, 0.15) is 5.82 Å². The SMILES string of the molecule is Cc1cc(Nc2ccc(N3CCCC3)cc2)nc(NC2CCCCCC2)n1. The Morgan fingerprint density at radius 2 is 1.59 bits per heavy atom. The summed E-state index contributed by atoms with van der Waals surface area (Å²) in [5, 5.41) is 7.01. The van der Waals surface area contributed by atoms with E-state index in [0.29, 0.717) is 6.04 Å². The van der Waals surface area contributed by atoms with Gasteiger partial charge in [0.2, 0.25) is 5.95 Å². The molecule has 1 aromatic heterocycles. The molecule has 2 aliphatic rings. The van der Waals surface area contributed by atoms with Gasteiger partial charge in [0, 0.05) is 42.3 Å². The first-order valence-corrected chi connectivity index (χ1v) is 10.5. The van der Waals surface area contributed by atoms with Gasteiger partial charge in [0.05, 0.1) is 0 Å². The summed E-state index contributed by atoms with van der Waals surface area (Å²) in [6.07, 6.45) is 10.4. The molecule has 144 valence electrons. The van der Waals surface area contributed by atoms with Crippen LogP contribution in [0.3, 0.4) is 0 Å². The van der Waals surface area contributed by atoms with Gasteiger partial charge >= 0.3 is 0 Å². The quantitative estimate of drug-likeness (QED) is 0.708. The maximum atomic E-state index is 4.71. The number of benzene rings is 1. The van der Waals surface area contributed by atoms with Gasteiger partial charge in [-0.15, -0.1) is 0 Å². The third kappa shape index (κ3) is 4.90. The predicted octanol–water partition coefficient (Wildman–Crippen LogP) is 5.26. The van der Waals surface area contributed by atoms with Crippen molar-refractivity contribution >= 4 is 23.1 Å². The van der Waals surface area contributed by atoms with E-state index in [-0.39, 0.29) is 0 Å². The van der Waals surface area contributed by atoms with E-state index in [1.165, 1.54) is 70.1 Å². The van der Waals surface area contributed by atoms with Crippen LogP contribution in [0.1, 0.15) is 57.1 Å². The van der Waals surface area contributed by atoms with E-state index in [4.69, 9.17) is 4.98 Å². The highest BCUT2D eigenvalue weighted by Crippen LogP contribution is 2.25. The Bertz CT molecular complexity index is 729. The minimum atomic E-state index is 0.502. The van der Waals surface area contributed by atoms with Gasteiger partial charge in [-0.1, -0.05) is 25.7 Å². The zero-order chi connectivity index (χ0) is 18.5. The molecule has 5 heteroatoms. The zero-order valence-electron chi connectivity index (χ0n) is 16.4. The third-order valence-electron chi connectivity index (χ3n) is 5.65. The van der Waals surface area contributed by atoms with Crippen molar-refractivity contribution in [1.82, 2.24) is 9.97 Å². The van der Waals surface area contributed by atoms with Crippen LogP contribution in [0.25, 0.3) is 0 Å². The van der Waals surface area contributed by atoms with Crippen molar-refractivity contribution in [3.05, 3.63) is 36.0 Å². The van der Waals surface area contributed by atoms with Crippen LogP contribution in [-0.2, 0) is 0 Å². The highest BCUT2D eigenvalue weighted by atomic mass is 15.2. The molecule has 1 aliphatic heterocycles. The van der Waals surface area contributed by atoms with Gasteiger partial charge in [0.15, 0.2) is 0 Å². The van der Waals surface area contributed by atoms with E-state index < -0.39 is 0 Å². The number of nitrogens with one attached hydrogen (secondary N) is 2. The first-order valence-electron chi connectivity index (χ1n) is 10.5. The first kappa shape index (κ1) is 18.1. The van der Waals surface area contributed by atoms with E-state index >= 15 is 0 Å². The van der Waals surface area contributed by atoms with Crippen LogP contribution in [-0.4, -0.2) is 29.1 Å². The van der Waals surface area contributed by atoms with E-state index in [2.05, 4.69) is 44.8 Å². The molecule has 2 N–H and O–H groups in total. The topological polar surface area (TPSA) is 53.1 Å². The van der Waals surface area contributed by atoms with Crippen molar-refractivity contribution in [2.24, 2.45) is 0 Å². The summed E-state index contributed by atoms with van der Waals surface area (Å²) in [6.45, 7) is 4.38. The molecular formula is C22H31N5. The summed E-state index contributed by atoms with van der Waals surface area (Å²) in [6, 6.07) is 11.2. The van der Waals surface area contributed by atoms with Crippen LogP contribution in [0.4, 0.5) is 23.1 Å². The molecule has 2 aromatic rings. The number of aryl methyl sites for hydroxylation is 1. The summed E-state index contributed by atoms with van der Waals surface area (Å²) in [5.41, 5.74) is 3.36. The second-order valence-corrected chi connectivity index (χ2v) is 7.92. The number of rotatable bonds is 5. The Morgan fingerprint density at radius 3 is 2.30 bits per heavy atom. The zero-order valence-corrected chi connectivity index (χ0v) is 16.4. The average molecular weight is 366 g/mol. The Hall–Kier alpha value is -2.30. The van der Waals surface area contributed by atoms with Crippen LogP contribution in [0.15, 0.2) is 30.3 Å². The maximum Gasteiger partial charge on any atom is 0.225 e. The fourth-order valence-corrected chi connectivity index (χ4v) is 4.18. The Balaban J connectivity index is 1.42. The van der Waals surface area contributed by atoms with Crippen LogP contribution in [0.2, 0.25) is 0 Å². The maximum absolute atomic E-state index is 4.71. The minimum absolute atomic E-state index is 0.502. The molecule has 0 radical (unpaired) electrons. The summed E-state index contributed by atoms with van der Waals surface area (Å²) in [7, 11) is 0. The smallest absolute Gasteiger partial charge is 0.225 e. The largest absolute Gasteiger partial charge is 0.372 e. The molecule has 0 unspecified atom stereocenters. The molecule has 4 rings (SSSR count). The lowest BCUT2D eigenvalue weighted by atomic mass is 10.1. The van der Waals surface area contributed by atoms with Gasteiger partial charge in [-0.2, -0.15) is 4.98 Å². The lowest BCUT2D eigenvalue weighted by Crippen LogP contribution is -2.20. The van der Waals surface area contributed by atoms with Gasteiger partial charge in [-0.3, -0.25) is 0 Å². The Labute approximate surface area is 162 Å². The second-order valence-electron chi connectivity index (χ2n) is 7.92. The normalized spacial score (nSPS) is 18.3. The molecule has 0 spiro atoms. The van der Waals surface area contributed by atoms with Crippen molar-refractivity contribution in [3.8, 4) is 0 Å². The van der Waals surface area contributed by atoms with Gasteiger partial charge in [0.25, 0.3) is 0 Å². The van der Waals surface area contributed by atoms with Crippen molar-refractivity contribution < 1.29 is 0 Å². The van der Waals surface area contributed by atoms with E-state index in [1.807, 2.05) is 13.0 Å². The van der Waals surface area contributed by atoms with E-state index in [9.17, 15) is 0 Å². The highest BCUT2D eigenvalue weighted by molar-refractivity contribution is 5.61. The van der Waals surface area contributed by atoms with Crippen LogP contribution >= 0.6 is 0 Å². The number of anilines is 4. The molecule has 0 amide bonds. The van der Waals surface area contributed by atoms with Crippen LogP contribution in [0.5, 0.6) is 0 Å². The Morgan fingerprint density at radius 1 is 0.889 bits per heavy atom. The number of aromatic nitrogens is 2. The fourth-order valence-electron chi connectivity index (χ4n) is 4.18. The highest BCUT2D eigenvalue weighted by Gasteiger charge is 2.14. The van der Waals surface area contributed by atoms with E-state index in [0.717, 1.165) is 23.1 Å². The van der Waals surface area contributed by atoms with Crippen LogP contribution in [0, 0.1) is 6.92 Å². The number of nitrogens with zero attached hydrogens (tertiary/aromatic N) is 3. The standard InChI is InChI=1S/C22H31N5/c1-17-16-21(26-22(23-17)25-18-8-4-2-3-5-9-18)24-19-10-12-20(13-11-19)27-14-6-7-15-27/h10-13,16,18H,2-9,14-15H2,1H3,(H2,23,24,25,26). The molecule has 0 atom stereocenters. The van der Waals surface area contributed by atoms with Gasteiger partial charge < -0.3 is 15.5 Å². The lowest BCUT2D eigenvalue weighted by Gasteiger charge is -2.18. The molecule has 5 nitrogen and oxygen atoms in total. The molecule has 2 fully saturated rings. The van der Waals surface area contributed by atoms with Gasteiger partial charge in [-0.05, 0) is 56.9 Å². The third-order valence-corrected chi connectivity index (χ3v) is 5.65. The monoisotopic (exact) mass is 365 g/mol. The van der Waals surface area contributed by atoms with Crippen molar-refractivity contribution in [3.63, 3.8) is 0 Å². The second kappa shape index (κ2) is 8.59. The molecule has 1 saturated carbocycles. The lowest BCUT2D eigenvalue weighted by molar-refractivity contribution is 0.614.